The number of halogens is 2. The largest absolute Gasteiger partial charge is 0.469 e. The zero-order chi connectivity index (χ0) is 13.2. The second kappa shape index (κ2) is 5.25. The van der Waals surface area contributed by atoms with Crippen LogP contribution in [0.1, 0.15) is 25.5 Å². The van der Waals surface area contributed by atoms with Crippen LogP contribution in [0.3, 0.4) is 0 Å². The first kappa shape index (κ1) is 14.3. The average Bonchev–Trinajstić information content (AvgIpc) is 2.30. The molecule has 1 atom stereocenters. The second-order valence-corrected chi connectivity index (χ2v) is 5.12. The highest BCUT2D eigenvalue weighted by molar-refractivity contribution is 6.42. The molecule has 0 aliphatic heterocycles. The average molecular weight is 276 g/mol. The number of hydrogen-bond acceptors (Lipinski definition) is 3. The van der Waals surface area contributed by atoms with Gasteiger partial charge in [-0.2, -0.15) is 0 Å². The Morgan fingerprint density at radius 2 is 2.00 bits per heavy atom. The number of methoxy groups -OCH3 is 1. The minimum atomic E-state index is -0.872. The summed E-state index contributed by atoms with van der Waals surface area (Å²) in [4.78, 5) is 11.7. The standard InChI is InChI=1S/C12H15Cl2NO2/c1-12(2,11(16)17-3)10(15)7-5-4-6-8(13)9(7)14/h4-6,10H,15H2,1-3H3/t10-/m1/s1. The molecule has 5 heteroatoms. The SMILES string of the molecule is COC(=O)C(C)(C)[C@H](N)c1cccc(Cl)c1Cl. The molecule has 0 aromatic heterocycles. The third-order valence-corrected chi connectivity index (χ3v) is 3.64. The molecule has 0 aliphatic rings. The lowest BCUT2D eigenvalue weighted by Gasteiger charge is -2.29. The first-order chi connectivity index (χ1) is 7.82. The van der Waals surface area contributed by atoms with Crippen molar-refractivity contribution in [1.82, 2.24) is 0 Å². The summed E-state index contributed by atoms with van der Waals surface area (Å²) in [5.41, 5.74) is 5.84. The van der Waals surface area contributed by atoms with E-state index in [-0.39, 0.29) is 5.97 Å². The van der Waals surface area contributed by atoms with E-state index in [4.69, 9.17) is 33.7 Å². The first-order valence-corrected chi connectivity index (χ1v) is 5.86. The summed E-state index contributed by atoms with van der Waals surface area (Å²) in [5.74, 6) is -0.388. The molecule has 0 unspecified atom stereocenters. The van der Waals surface area contributed by atoms with Crippen LogP contribution in [-0.4, -0.2) is 13.1 Å². The highest BCUT2D eigenvalue weighted by Crippen LogP contribution is 2.38. The maximum Gasteiger partial charge on any atom is 0.313 e. The van der Waals surface area contributed by atoms with E-state index in [0.29, 0.717) is 15.6 Å². The predicted molar refractivity (Wildman–Crippen MR) is 69.2 cm³/mol. The van der Waals surface area contributed by atoms with Crippen molar-refractivity contribution < 1.29 is 9.53 Å². The molecule has 94 valence electrons. The van der Waals surface area contributed by atoms with Crippen LogP contribution in [0.5, 0.6) is 0 Å². The number of rotatable bonds is 3. The van der Waals surface area contributed by atoms with E-state index in [2.05, 4.69) is 0 Å². The fraction of sp³-hybridized carbons (Fsp3) is 0.417. The maximum absolute atomic E-state index is 11.7. The van der Waals surface area contributed by atoms with Gasteiger partial charge in [-0.3, -0.25) is 4.79 Å². The Bertz CT molecular complexity index is 433. The van der Waals surface area contributed by atoms with Crippen LogP contribution in [0.25, 0.3) is 0 Å². The highest BCUT2D eigenvalue weighted by atomic mass is 35.5. The molecule has 1 rings (SSSR count). The molecule has 0 saturated carbocycles. The van der Waals surface area contributed by atoms with Gasteiger partial charge in [-0.15, -0.1) is 0 Å². The number of esters is 1. The van der Waals surface area contributed by atoms with Gasteiger partial charge in [-0.25, -0.2) is 0 Å². The third-order valence-electron chi connectivity index (χ3n) is 2.81. The quantitative estimate of drug-likeness (QED) is 0.862. The van der Waals surface area contributed by atoms with Crippen LogP contribution in [0.15, 0.2) is 18.2 Å². The molecule has 2 N–H and O–H groups in total. The number of carbonyl (C=O) groups excluding carboxylic acids is 1. The summed E-state index contributed by atoms with van der Waals surface area (Å²) in [6.45, 7) is 3.42. The molecule has 0 aliphatic carbocycles. The van der Waals surface area contributed by atoms with E-state index < -0.39 is 11.5 Å². The molecule has 0 fully saturated rings. The summed E-state index contributed by atoms with van der Waals surface area (Å²) in [6.07, 6.45) is 0. The molecule has 0 amide bonds. The zero-order valence-corrected chi connectivity index (χ0v) is 11.5. The van der Waals surface area contributed by atoms with Crippen LogP contribution in [0.4, 0.5) is 0 Å². The topological polar surface area (TPSA) is 52.3 Å². The van der Waals surface area contributed by atoms with Gasteiger partial charge in [0.25, 0.3) is 0 Å². The van der Waals surface area contributed by atoms with Gasteiger partial charge < -0.3 is 10.5 Å². The summed E-state index contributed by atoms with van der Waals surface area (Å²) in [5, 5.41) is 0.791. The van der Waals surface area contributed by atoms with Gasteiger partial charge in [-0.1, -0.05) is 35.3 Å². The van der Waals surface area contributed by atoms with Crippen LogP contribution in [0, 0.1) is 5.41 Å². The van der Waals surface area contributed by atoms with Gasteiger partial charge in [0.15, 0.2) is 0 Å². The van der Waals surface area contributed by atoms with E-state index in [0.717, 1.165) is 0 Å². The molecule has 3 nitrogen and oxygen atoms in total. The fourth-order valence-electron chi connectivity index (χ4n) is 1.54. The normalized spacial score (nSPS) is 13.3. The molecule has 0 bridgehead atoms. The lowest BCUT2D eigenvalue weighted by Crippen LogP contribution is -2.37. The van der Waals surface area contributed by atoms with Crippen molar-refractivity contribution in [3.8, 4) is 0 Å². The van der Waals surface area contributed by atoms with Crippen molar-refractivity contribution >= 4 is 29.2 Å². The molecule has 0 heterocycles. The Labute approximate surface area is 111 Å². The molecule has 0 spiro atoms. The summed E-state index contributed by atoms with van der Waals surface area (Å²) in [7, 11) is 1.33. The van der Waals surface area contributed by atoms with Gasteiger partial charge in [0, 0.05) is 6.04 Å². The molecule has 17 heavy (non-hydrogen) atoms. The van der Waals surface area contributed by atoms with E-state index >= 15 is 0 Å². The number of nitrogens with two attached hydrogens (primary N) is 1. The van der Waals surface area contributed by atoms with Gasteiger partial charge in [0.1, 0.15) is 0 Å². The zero-order valence-electron chi connectivity index (χ0n) is 9.96. The van der Waals surface area contributed by atoms with Gasteiger partial charge in [0.05, 0.1) is 22.6 Å². The Balaban J connectivity index is 3.16. The van der Waals surface area contributed by atoms with Crippen molar-refractivity contribution in [2.45, 2.75) is 19.9 Å². The Morgan fingerprint density at radius 3 is 2.53 bits per heavy atom. The predicted octanol–water partition coefficient (Wildman–Crippen LogP) is 3.19. The van der Waals surface area contributed by atoms with Crippen LogP contribution >= 0.6 is 23.2 Å². The summed E-state index contributed by atoms with van der Waals surface area (Å²) in [6, 6.07) is 4.59. The van der Waals surface area contributed by atoms with Crippen LogP contribution < -0.4 is 5.73 Å². The first-order valence-electron chi connectivity index (χ1n) is 5.10. The van der Waals surface area contributed by atoms with Crippen LogP contribution in [-0.2, 0) is 9.53 Å². The van der Waals surface area contributed by atoms with Gasteiger partial charge in [-0.05, 0) is 25.5 Å². The van der Waals surface area contributed by atoms with Crippen molar-refractivity contribution in [2.75, 3.05) is 7.11 Å². The Hall–Kier alpha value is -0.770. The lowest BCUT2D eigenvalue weighted by atomic mass is 9.81. The minimum absolute atomic E-state index is 0.374. The van der Waals surface area contributed by atoms with E-state index in [9.17, 15) is 4.79 Å². The van der Waals surface area contributed by atoms with E-state index in [1.165, 1.54) is 7.11 Å². The molecule has 0 radical (unpaired) electrons. The lowest BCUT2D eigenvalue weighted by molar-refractivity contribution is -0.152. The van der Waals surface area contributed by atoms with E-state index in [1.54, 1.807) is 32.0 Å². The molecular formula is C12H15Cl2NO2. The minimum Gasteiger partial charge on any atom is -0.469 e. The van der Waals surface area contributed by atoms with Crippen molar-refractivity contribution in [3.63, 3.8) is 0 Å². The van der Waals surface area contributed by atoms with Crippen molar-refractivity contribution in [1.29, 1.82) is 0 Å². The molecule has 1 aromatic rings. The Morgan fingerprint density at radius 1 is 1.41 bits per heavy atom. The van der Waals surface area contributed by atoms with Gasteiger partial charge in [0.2, 0.25) is 0 Å². The molecular weight excluding hydrogens is 261 g/mol. The Kier molecular flexibility index (Phi) is 4.42. The fourth-order valence-corrected chi connectivity index (χ4v) is 1.96. The van der Waals surface area contributed by atoms with Crippen molar-refractivity contribution in [3.05, 3.63) is 33.8 Å². The van der Waals surface area contributed by atoms with Crippen molar-refractivity contribution in [2.24, 2.45) is 11.1 Å². The summed E-state index contributed by atoms with van der Waals surface area (Å²) < 4.78 is 4.73. The summed E-state index contributed by atoms with van der Waals surface area (Å²) >= 11 is 12.0. The number of ether oxygens (including phenoxy) is 1. The monoisotopic (exact) mass is 275 g/mol. The van der Waals surface area contributed by atoms with E-state index in [1.807, 2.05) is 0 Å². The van der Waals surface area contributed by atoms with Gasteiger partial charge >= 0.3 is 5.97 Å². The molecule has 1 aromatic carbocycles. The number of hydrogen-bond donors (Lipinski definition) is 1. The van der Waals surface area contributed by atoms with Crippen LogP contribution in [0.2, 0.25) is 10.0 Å². The molecule has 0 saturated heterocycles. The number of benzene rings is 1. The third kappa shape index (κ3) is 2.73. The maximum atomic E-state index is 11.7. The second-order valence-electron chi connectivity index (χ2n) is 4.33. The highest BCUT2D eigenvalue weighted by Gasteiger charge is 2.37. The number of carbonyl (C=O) groups is 1. The smallest absolute Gasteiger partial charge is 0.313 e.